The van der Waals surface area contributed by atoms with E-state index in [4.69, 9.17) is 9.47 Å². The van der Waals surface area contributed by atoms with Crippen LogP contribution < -0.4 is 10.6 Å². The van der Waals surface area contributed by atoms with Gasteiger partial charge in [0.2, 0.25) is 5.91 Å². The van der Waals surface area contributed by atoms with Gasteiger partial charge in [0.1, 0.15) is 0 Å². The number of rotatable bonds is 9. The summed E-state index contributed by atoms with van der Waals surface area (Å²) in [6.07, 6.45) is 5.38. The zero-order valence-electron chi connectivity index (χ0n) is 23.8. The lowest BCUT2D eigenvalue weighted by atomic mass is 9.75. The zero-order valence-corrected chi connectivity index (χ0v) is 23.8. The molecule has 1 aromatic carbocycles. The van der Waals surface area contributed by atoms with Crippen molar-refractivity contribution >= 4 is 17.8 Å². The molecule has 1 aromatic rings. The van der Waals surface area contributed by atoms with Crippen molar-refractivity contribution in [2.45, 2.75) is 58.3 Å². The number of esters is 2. The normalized spacial score (nSPS) is 23.0. The molecule has 0 bridgehead atoms. The number of nitrogens with zero attached hydrogens (tertiary/aromatic N) is 1. The Kier molecular flexibility index (Phi) is 9.83. The Morgan fingerprint density at radius 3 is 2.13 bits per heavy atom. The van der Waals surface area contributed by atoms with Crippen LogP contribution in [-0.2, 0) is 23.9 Å². The van der Waals surface area contributed by atoms with Gasteiger partial charge in [-0.2, -0.15) is 0 Å². The molecule has 39 heavy (non-hydrogen) atoms. The minimum atomic E-state index is -0.459. The van der Waals surface area contributed by atoms with E-state index in [-0.39, 0.29) is 17.7 Å². The molecule has 2 fully saturated rings. The molecule has 1 saturated carbocycles. The van der Waals surface area contributed by atoms with Crippen molar-refractivity contribution in [1.82, 2.24) is 15.5 Å². The first-order valence-electron chi connectivity index (χ1n) is 14.2. The summed E-state index contributed by atoms with van der Waals surface area (Å²) >= 11 is 0. The molecule has 1 amide bonds. The Hall–Kier alpha value is -3.13. The van der Waals surface area contributed by atoms with Crippen LogP contribution in [0.4, 0.5) is 0 Å². The molecular weight excluding hydrogens is 494 g/mol. The van der Waals surface area contributed by atoms with Crippen molar-refractivity contribution < 1.29 is 23.9 Å². The van der Waals surface area contributed by atoms with E-state index in [1.54, 1.807) is 0 Å². The van der Waals surface area contributed by atoms with Crippen molar-refractivity contribution in [3.63, 3.8) is 0 Å². The van der Waals surface area contributed by atoms with Crippen LogP contribution in [0.25, 0.3) is 0 Å². The van der Waals surface area contributed by atoms with E-state index in [9.17, 15) is 14.4 Å². The van der Waals surface area contributed by atoms with E-state index < -0.39 is 17.9 Å². The summed E-state index contributed by atoms with van der Waals surface area (Å²) in [5, 5.41) is 6.29. The fourth-order valence-electron chi connectivity index (χ4n) is 6.71. The van der Waals surface area contributed by atoms with Crippen LogP contribution in [0.3, 0.4) is 0 Å². The highest BCUT2D eigenvalue weighted by Crippen LogP contribution is 2.45. The molecule has 2 atom stereocenters. The van der Waals surface area contributed by atoms with Crippen molar-refractivity contribution in [2.75, 3.05) is 40.4 Å². The summed E-state index contributed by atoms with van der Waals surface area (Å²) in [5.41, 5.74) is 3.70. The third-order valence-corrected chi connectivity index (χ3v) is 8.74. The second-order valence-electron chi connectivity index (χ2n) is 11.1. The summed E-state index contributed by atoms with van der Waals surface area (Å²) in [7, 11) is 2.69. The van der Waals surface area contributed by atoms with Crippen molar-refractivity contribution in [2.24, 2.45) is 17.8 Å². The fourth-order valence-corrected chi connectivity index (χ4v) is 6.71. The monoisotopic (exact) mass is 537 g/mol. The number of carbonyl (C=O) groups is 3. The number of hydrogen-bond donors (Lipinski definition) is 2. The van der Waals surface area contributed by atoms with Gasteiger partial charge in [-0.25, -0.2) is 9.59 Å². The van der Waals surface area contributed by atoms with Crippen LogP contribution in [0.1, 0.15) is 63.9 Å². The maximum Gasteiger partial charge on any atom is 0.336 e. The SMILES string of the molecule is COC(=O)C1=C(C)NC(C)=C(C(=O)OC)C1C1CCC(C(=O)NCCCN2CCC(c3ccccc3)CC2)C1. The van der Waals surface area contributed by atoms with E-state index in [0.717, 1.165) is 38.9 Å². The highest BCUT2D eigenvalue weighted by atomic mass is 16.5. The van der Waals surface area contributed by atoms with Gasteiger partial charge in [0.25, 0.3) is 0 Å². The molecule has 0 radical (unpaired) electrons. The highest BCUT2D eigenvalue weighted by Gasteiger charge is 2.44. The fraction of sp³-hybridized carbons (Fsp3) is 0.581. The Morgan fingerprint density at radius 1 is 0.923 bits per heavy atom. The first kappa shape index (κ1) is 28.9. The molecule has 2 N–H and O–H groups in total. The van der Waals surface area contributed by atoms with Crippen molar-refractivity contribution in [3.8, 4) is 0 Å². The second-order valence-corrected chi connectivity index (χ2v) is 11.1. The van der Waals surface area contributed by atoms with Crippen LogP contribution in [0.15, 0.2) is 52.9 Å². The van der Waals surface area contributed by atoms with Gasteiger partial charge in [-0.3, -0.25) is 4.79 Å². The second kappa shape index (κ2) is 13.3. The van der Waals surface area contributed by atoms with Gasteiger partial charge in [-0.05, 0) is 89.4 Å². The molecule has 1 saturated heterocycles. The Labute approximate surface area is 232 Å². The van der Waals surface area contributed by atoms with Gasteiger partial charge in [0.05, 0.1) is 25.4 Å². The maximum absolute atomic E-state index is 13.1. The number of carbonyl (C=O) groups excluding carboxylic acids is 3. The number of ether oxygens (including phenoxy) is 2. The van der Waals surface area contributed by atoms with E-state index in [2.05, 4.69) is 45.9 Å². The number of allylic oxidation sites excluding steroid dienone is 2. The number of nitrogens with one attached hydrogen (secondary N) is 2. The van der Waals surface area contributed by atoms with Crippen molar-refractivity contribution in [1.29, 1.82) is 0 Å². The summed E-state index contributed by atoms with van der Waals surface area (Å²) in [6.45, 7) is 7.48. The van der Waals surface area contributed by atoms with Crippen LogP contribution in [0.5, 0.6) is 0 Å². The Balaban J connectivity index is 1.27. The quantitative estimate of drug-likeness (QED) is 0.364. The lowest BCUT2D eigenvalue weighted by molar-refractivity contribution is -0.138. The molecule has 1 aliphatic carbocycles. The first-order chi connectivity index (χ1) is 18.8. The van der Waals surface area contributed by atoms with Crippen LogP contribution in [-0.4, -0.2) is 63.1 Å². The van der Waals surface area contributed by atoms with E-state index >= 15 is 0 Å². The Morgan fingerprint density at radius 2 is 1.54 bits per heavy atom. The van der Waals surface area contributed by atoms with Gasteiger partial charge in [0, 0.05) is 29.8 Å². The number of likely N-dealkylation sites (tertiary alicyclic amines) is 1. The molecular formula is C31H43N3O5. The molecule has 8 nitrogen and oxygen atoms in total. The summed E-state index contributed by atoms with van der Waals surface area (Å²) in [5.74, 6) is -0.822. The predicted octanol–water partition coefficient (Wildman–Crippen LogP) is 3.90. The topological polar surface area (TPSA) is 97.0 Å². The zero-order chi connectivity index (χ0) is 27.9. The molecule has 2 aliphatic heterocycles. The third kappa shape index (κ3) is 6.72. The number of benzene rings is 1. The lowest BCUT2D eigenvalue weighted by Gasteiger charge is -2.33. The molecule has 3 aliphatic rings. The molecule has 2 heterocycles. The molecule has 2 unspecified atom stereocenters. The van der Waals surface area contributed by atoms with Gasteiger partial charge in [-0.1, -0.05) is 30.3 Å². The van der Waals surface area contributed by atoms with Gasteiger partial charge < -0.3 is 25.0 Å². The van der Waals surface area contributed by atoms with E-state index in [1.807, 2.05) is 13.8 Å². The molecule has 8 heteroatoms. The Bertz CT molecular complexity index is 1070. The number of dihydropyridines is 1. The largest absolute Gasteiger partial charge is 0.466 e. The first-order valence-corrected chi connectivity index (χ1v) is 14.2. The molecule has 4 rings (SSSR count). The van der Waals surface area contributed by atoms with Crippen molar-refractivity contribution in [3.05, 3.63) is 58.4 Å². The van der Waals surface area contributed by atoms with E-state index in [0.29, 0.717) is 41.4 Å². The smallest absolute Gasteiger partial charge is 0.336 e. The third-order valence-electron chi connectivity index (χ3n) is 8.74. The van der Waals surface area contributed by atoms with Gasteiger partial charge in [-0.15, -0.1) is 0 Å². The summed E-state index contributed by atoms with van der Waals surface area (Å²) in [6, 6.07) is 10.8. The predicted molar refractivity (Wildman–Crippen MR) is 149 cm³/mol. The molecule has 212 valence electrons. The maximum atomic E-state index is 13.1. The minimum absolute atomic E-state index is 0.0261. The number of amides is 1. The minimum Gasteiger partial charge on any atom is -0.466 e. The standard InChI is InChI=1S/C31H43N3O5/c1-20-26(30(36)38-3)28(27(21(2)33-20)31(37)39-4)24-11-12-25(19-24)29(35)32-15-8-16-34-17-13-23(14-18-34)22-9-6-5-7-10-22/h5-7,9-10,23-25,28,33H,8,11-19H2,1-4H3,(H,32,35). The van der Waals surface area contributed by atoms with Crippen LogP contribution in [0.2, 0.25) is 0 Å². The molecule has 0 spiro atoms. The van der Waals surface area contributed by atoms with Crippen LogP contribution in [0, 0.1) is 17.8 Å². The highest BCUT2D eigenvalue weighted by molar-refractivity contribution is 5.98. The summed E-state index contributed by atoms with van der Waals surface area (Å²) in [4.78, 5) is 41.0. The molecule has 0 aromatic heterocycles. The van der Waals surface area contributed by atoms with Gasteiger partial charge in [0.15, 0.2) is 0 Å². The average Bonchev–Trinajstić information content (AvgIpc) is 3.45. The number of methoxy groups -OCH3 is 2. The van der Waals surface area contributed by atoms with Gasteiger partial charge >= 0.3 is 11.9 Å². The van der Waals surface area contributed by atoms with E-state index in [1.165, 1.54) is 32.6 Å². The number of piperidine rings is 1. The lowest BCUT2D eigenvalue weighted by Crippen LogP contribution is -2.37. The average molecular weight is 538 g/mol. The summed E-state index contributed by atoms with van der Waals surface area (Å²) < 4.78 is 10.1. The van der Waals surface area contributed by atoms with Crippen LogP contribution >= 0.6 is 0 Å². The number of hydrogen-bond acceptors (Lipinski definition) is 7.